The molecule has 2 atom stereocenters. The van der Waals surface area contributed by atoms with Crippen molar-refractivity contribution < 1.29 is 13.2 Å². The SMILES string of the molecule is O=C(N[C@@H]1CCCc2c1cnn2Cc1ccccc1)[C@@H]1CCS(=O)(=O)C1. The van der Waals surface area contributed by atoms with Crippen molar-refractivity contribution in [1.29, 1.82) is 0 Å². The number of rotatable bonds is 4. The van der Waals surface area contributed by atoms with Crippen LogP contribution in [0, 0.1) is 5.92 Å². The Labute approximate surface area is 153 Å². The van der Waals surface area contributed by atoms with Gasteiger partial charge in [-0.15, -0.1) is 0 Å². The molecule has 4 rings (SSSR count). The number of carbonyl (C=O) groups excluding carboxylic acids is 1. The number of amides is 1. The third-order valence-corrected chi connectivity index (χ3v) is 7.13. The van der Waals surface area contributed by atoms with Gasteiger partial charge in [0.15, 0.2) is 9.84 Å². The van der Waals surface area contributed by atoms with Crippen molar-refractivity contribution in [3.8, 4) is 0 Å². The maximum absolute atomic E-state index is 12.5. The first-order valence-electron chi connectivity index (χ1n) is 9.11. The van der Waals surface area contributed by atoms with Gasteiger partial charge < -0.3 is 5.32 Å². The largest absolute Gasteiger partial charge is 0.349 e. The van der Waals surface area contributed by atoms with Gasteiger partial charge in [0.05, 0.1) is 36.2 Å². The van der Waals surface area contributed by atoms with Gasteiger partial charge in [0.2, 0.25) is 5.91 Å². The number of aromatic nitrogens is 2. The Balaban J connectivity index is 1.49. The average molecular weight is 373 g/mol. The van der Waals surface area contributed by atoms with Crippen LogP contribution in [-0.2, 0) is 27.6 Å². The molecule has 0 unspecified atom stereocenters. The van der Waals surface area contributed by atoms with Gasteiger partial charge in [-0.1, -0.05) is 30.3 Å². The van der Waals surface area contributed by atoms with E-state index in [9.17, 15) is 13.2 Å². The Morgan fingerprint density at radius 1 is 1.23 bits per heavy atom. The minimum Gasteiger partial charge on any atom is -0.349 e. The zero-order chi connectivity index (χ0) is 18.1. The number of hydrogen-bond donors (Lipinski definition) is 1. The number of hydrogen-bond acceptors (Lipinski definition) is 4. The maximum Gasteiger partial charge on any atom is 0.224 e. The van der Waals surface area contributed by atoms with E-state index in [1.54, 1.807) is 0 Å². The molecule has 1 saturated heterocycles. The molecule has 138 valence electrons. The van der Waals surface area contributed by atoms with Crippen LogP contribution in [0.25, 0.3) is 0 Å². The fourth-order valence-electron chi connectivity index (χ4n) is 3.95. The molecule has 1 aromatic heterocycles. The van der Waals surface area contributed by atoms with Gasteiger partial charge in [-0.05, 0) is 31.2 Å². The van der Waals surface area contributed by atoms with Crippen LogP contribution < -0.4 is 5.32 Å². The summed E-state index contributed by atoms with van der Waals surface area (Å²) in [6.07, 6.45) is 5.10. The summed E-state index contributed by atoms with van der Waals surface area (Å²) in [6.45, 7) is 0.720. The molecule has 1 aliphatic heterocycles. The summed E-state index contributed by atoms with van der Waals surface area (Å²) in [7, 11) is -3.05. The van der Waals surface area contributed by atoms with Gasteiger partial charge in [-0.3, -0.25) is 9.48 Å². The van der Waals surface area contributed by atoms with Crippen LogP contribution >= 0.6 is 0 Å². The summed E-state index contributed by atoms with van der Waals surface area (Å²) in [5, 5.41) is 7.62. The molecule has 1 fully saturated rings. The third-order valence-electron chi connectivity index (χ3n) is 5.36. The monoisotopic (exact) mass is 373 g/mol. The molecule has 7 heteroatoms. The molecule has 2 aliphatic rings. The Morgan fingerprint density at radius 3 is 2.77 bits per heavy atom. The lowest BCUT2D eigenvalue weighted by atomic mass is 9.92. The zero-order valence-electron chi connectivity index (χ0n) is 14.6. The standard InChI is InChI=1S/C19H23N3O3S/c23-19(15-9-10-26(24,25)13-15)21-17-7-4-8-18-16(17)11-20-22(18)12-14-5-2-1-3-6-14/h1-3,5-6,11,15,17H,4,7-10,12-13H2,(H,21,23)/t15-,17-/m1/s1. The van der Waals surface area contributed by atoms with E-state index in [4.69, 9.17) is 0 Å². The fraction of sp³-hybridized carbons (Fsp3) is 0.474. The summed E-state index contributed by atoms with van der Waals surface area (Å²) in [6, 6.07) is 10.1. The minimum atomic E-state index is -3.05. The van der Waals surface area contributed by atoms with E-state index in [-0.39, 0.29) is 23.5 Å². The maximum atomic E-state index is 12.5. The highest BCUT2D eigenvalue weighted by atomic mass is 32.2. The Bertz CT molecular complexity index is 905. The first kappa shape index (κ1) is 17.3. The molecular weight excluding hydrogens is 350 g/mol. The van der Waals surface area contributed by atoms with E-state index < -0.39 is 15.8 Å². The van der Waals surface area contributed by atoms with Crippen molar-refractivity contribution in [2.45, 2.75) is 38.3 Å². The molecule has 1 aliphatic carbocycles. The third kappa shape index (κ3) is 3.53. The first-order valence-corrected chi connectivity index (χ1v) is 10.9. The van der Waals surface area contributed by atoms with Crippen molar-refractivity contribution in [3.63, 3.8) is 0 Å². The van der Waals surface area contributed by atoms with Gasteiger partial charge in [0.25, 0.3) is 0 Å². The number of fused-ring (bicyclic) bond motifs is 1. The molecule has 6 nitrogen and oxygen atoms in total. The molecule has 2 heterocycles. The van der Waals surface area contributed by atoms with E-state index >= 15 is 0 Å². The second kappa shape index (κ2) is 6.87. The van der Waals surface area contributed by atoms with E-state index in [0.717, 1.165) is 31.4 Å². The van der Waals surface area contributed by atoms with Gasteiger partial charge in [-0.25, -0.2) is 8.42 Å². The second-order valence-electron chi connectivity index (χ2n) is 7.24. The van der Waals surface area contributed by atoms with Crippen LogP contribution in [0.15, 0.2) is 36.5 Å². The number of nitrogens with one attached hydrogen (secondary N) is 1. The summed E-state index contributed by atoms with van der Waals surface area (Å²) in [5.74, 6) is -0.453. The highest BCUT2D eigenvalue weighted by Gasteiger charge is 2.35. The molecule has 1 N–H and O–H groups in total. The van der Waals surface area contributed by atoms with Crippen LogP contribution in [0.2, 0.25) is 0 Å². The van der Waals surface area contributed by atoms with Gasteiger partial charge in [0, 0.05) is 11.3 Å². The molecular formula is C19H23N3O3S. The summed E-state index contributed by atoms with van der Waals surface area (Å²) < 4.78 is 25.3. The lowest BCUT2D eigenvalue weighted by Crippen LogP contribution is -2.36. The van der Waals surface area contributed by atoms with Gasteiger partial charge in [-0.2, -0.15) is 5.10 Å². The van der Waals surface area contributed by atoms with E-state index in [0.29, 0.717) is 6.42 Å². The van der Waals surface area contributed by atoms with Crippen LogP contribution in [0.1, 0.15) is 42.1 Å². The number of nitrogens with zero attached hydrogens (tertiary/aromatic N) is 2. The van der Waals surface area contributed by atoms with Crippen molar-refractivity contribution in [3.05, 3.63) is 53.3 Å². The normalized spacial score (nSPS) is 24.2. The molecule has 2 aromatic rings. The van der Waals surface area contributed by atoms with Crippen molar-refractivity contribution in [2.75, 3.05) is 11.5 Å². The molecule has 1 aromatic carbocycles. The number of sulfone groups is 1. The molecule has 1 amide bonds. The van der Waals surface area contributed by atoms with E-state index in [2.05, 4.69) is 22.5 Å². The minimum absolute atomic E-state index is 0.0221. The topological polar surface area (TPSA) is 81.1 Å². The van der Waals surface area contributed by atoms with Crippen LogP contribution in [0.4, 0.5) is 0 Å². The Morgan fingerprint density at radius 2 is 2.04 bits per heavy atom. The predicted molar refractivity (Wildman–Crippen MR) is 98.4 cm³/mol. The van der Waals surface area contributed by atoms with E-state index in [1.165, 1.54) is 11.3 Å². The van der Waals surface area contributed by atoms with Gasteiger partial charge >= 0.3 is 0 Å². The second-order valence-corrected chi connectivity index (χ2v) is 9.47. The van der Waals surface area contributed by atoms with E-state index in [1.807, 2.05) is 29.1 Å². The quantitative estimate of drug-likeness (QED) is 0.887. The molecule has 26 heavy (non-hydrogen) atoms. The Kier molecular flexibility index (Phi) is 4.56. The zero-order valence-corrected chi connectivity index (χ0v) is 15.4. The van der Waals surface area contributed by atoms with Crippen molar-refractivity contribution in [1.82, 2.24) is 15.1 Å². The molecule has 0 radical (unpaired) electrons. The molecule has 0 bridgehead atoms. The lowest BCUT2D eigenvalue weighted by Gasteiger charge is -2.25. The average Bonchev–Trinajstić information content (AvgIpc) is 3.20. The van der Waals surface area contributed by atoms with Crippen LogP contribution in [0.5, 0.6) is 0 Å². The molecule has 0 spiro atoms. The first-order chi connectivity index (χ1) is 12.5. The predicted octanol–water partition coefficient (Wildman–Crippen LogP) is 1.86. The highest BCUT2D eigenvalue weighted by Crippen LogP contribution is 2.31. The van der Waals surface area contributed by atoms with Gasteiger partial charge in [0.1, 0.15) is 0 Å². The summed E-state index contributed by atoms with van der Waals surface area (Å²) in [5.41, 5.74) is 3.44. The lowest BCUT2D eigenvalue weighted by molar-refractivity contribution is -0.125. The smallest absolute Gasteiger partial charge is 0.224 e. The number of benzene rings is 1. The van der Waals surface area contributed by atoms with Crippen LogP contribution in [-0.4, -0.2) is 35.6 Å². The molecule has 0 saturated carbocycles. The summed E-state index contributed by atoms with van der Waals surface area (Å²) >= 11 is 0. The van der Waals surface area contributed by atoms with Crippen molar-refractivity contribution >= 4 is 15.7 Å². The van der Waals surface area contributed by atoms with Crippen molar-refractivity contribution in [2.24, 2.45) is 5.92 Å². The fourth-order valence-corrected chi connectivity index (χ4v) is 5.69. The Hall–Kier alpha value is -2.15. The van der Waals surface area contributed by atoms with Crippen LogP contribution in [0.3, 0.4) is 0 Å². The highest BCUT2D eigenvalue weighted by molar-refractivity contribution is 7.91. The summed E-state index contributed by atoms with van der Waals surface area (Å²) in [4.78, 5) is 12.5. The number of carbonyl (C=O) groups is 1.